The molecule has 0 saturated heterocycles. The van der Waals surface area contributed by atoms with E-state index in [1.807, 2.05) is 0 Å². The van der Waals surface area contributed by atoms with Crippen LogP contribution in [0.1, 0.15) is 23.3 Å². The Labute approximate surface area is 134 Å². The number of esters is 1. The van der Waals surface area contributed by atoms with E-state index in [-0.39, 0.29) is 18.4 Å². The first-order valence-electron chi connectivity index (χ1n) is 6.72. The van der Waals surface area contributed by atoms with E-state index < -0.39 is 24.3 Å². The summed E-state index contributed by atoms with van der Waals surface area (Å²) < 4.78 is 51.6. The number of nitrogens with zero attached hydrogens (tertiary/aromatic N) is 2. The van der Waals surface area contributed by atoms with Crippen molar-refractivity contribution < 1.29 is 31.9 Å². The minimum absolute atomic E-state index is 0.0199. The smallest absolute Gasteiger partial charge is 0.439 e. The van der Waals surface area contributed by atoms with E-state index in [4.69, 9.17) is 14.9 Å². The lowest BCUT2D eigenvalue weighted by Gasteiger charge is -2.21. The Morgan fingerprint density at radius 1 is 1.29 bits per heavy atom. The number of ether oxygens (including phenoxy) is 2. The van der Waals surface area contributed by atoms with E-state index >= 15 is 0 Å². The molecule has 0 amide bonds. The maximum absolute atomic E-state index is 12.4. The summed E-state index contributed by atoms with van der Waals surface area (Å²) in [6, 6.07) is 8.18. The van der Waals surface area contributed by atoms with Crippen LogP contribution in [0.2, 0.25) is 0 Å². The van der Waals surface area contributed by atoms with Crippen molar-refractivity contribution in [2.45, 2.75) is 24.9 Å². The van der Waals surface area contributed by atoms with E-state index in [9.17, 15) is 18.0 Å². The highest BCUT2D eigenvalue weighted by Crippen LogP contribution is 2.28. The Morgan fingerprint density at radius 2 is 1.96 bits per heavy atom. The minimum Gasteiger partial charge on any atom is -0.439 e. The molecule has 0 aliphatic rings. The quantitative estimate of drug-likeness (QED) is 0.628. The van der Waals surface area contributed by atoms with Crippen LogP contribution in [-0.2, 0) is 20.9 Å². The molecule has 0 spiro atoms. The fourth-order valence-electron chi connectivity index (χ4n) is 1.97. The van der Waals surface area contributed by atoms with Gasteiger partial charge in [-0.1, -0.05) is 30.3 Å². The van der Waals surface area contributed by atoms with Gasteiger partial charge in [0.05, 0.1) is 0 Å². The van der Waals surface area contributed by atoms with Gasteiger partial charge in [0.2, 0.25) is 11.8 Å². The third-order valence-electron chi connectivity index (χ3n) is 2.98. The third kappa shape index (κ3) is 4.30. The Hall–Kier alpha value is -2.46. The Balaban J connectivity index is 2.31. The highest BCUT2D eigenvalue weighted by Gasteiger charge is 2.43. The van der Waals surface area contributed by atoms with Crippen molar-refractivity contribution in [3.05, 3.63) is 47.7 Å². The molecular weight excluding hydrogens is 331 g/mol. The normalized spacial score (nSPS) is 14.2. The van der Waals surface area contributed by atoms with E-state index in [0.717, 1.165) is 0 Å². The van der Waals surface area contributed by atoms with Crippen LogP contribution >= 0.6 is 0 Å². The number of rotatable bonds is 6. The van der Waals surface area contributed by atoms with Gasteiger partial charge in [-0.2, -0.15) is 13.2 Å². The molecule has 2 N–H and O–H groups in total. The van der Waals surface area contributed by atoms with Gasteiger partial charge in [-0.15, -0.1) is 10.2 Å². The lowest BCUT2D eigenvalue weighted by Crippen LogP contribution is -2.39. The van der Waals surface area contributed by atoms with Crippen molar-refractivity contribution >= 4 is 5.97 Å². The number of nitrogens with two attached hydrogens (primary N) is 1. The van der Waals surface area contributed by atoms with Gasteiger partial charge < -0.3 is 13.9 Å². The number of halogens is 3. The zero-order valence-corrected chi connectivity index (χ0v) is 12.5. The molecule has 1 aromatic heterocycles. The van der Waals surface area contributed by atoms with Crippen LogP contribution in [0.4, 0.5) is 13.2 Å². The van der Waals surface area contributed by atoms with Crippen LogP contribution in [0.5, 0.6) is 0 Å². The van der Waals surface area contributed by atoms with Crippen LogP contribution in [0.3, 0.4) is 0 Å². The van der Waals surface area contributed by atoms with Crippen LogP contribution in [0.15, 0.2) is 34.7 Å². The fourth-order valence-corrected chi connectivity index (χ4v) is 1.97. The van der Waals surface area contributed by atoms with Crippen molar-refractivity contribution in [3.8, 4) is 0 Å². The number of carbonyl (C=O) groups is 1. The topological polar surface area (TPSA) is 100 Å². The maximum Gasteiger partial charge on any atom is 0.490 e. The molecule has 2 rings (SSSR count). The largest absolute Gasteiger partial charge is 0.490 e. The van der Waals surface area contributed by atoms with Crippen LogP contribution in [0, 0.1) is 0 Å². The molecule has 2 atom stereocenters. The standard InChI is InChI=1S/C14H14F3N3O4/c1-22-7-9-19-20-12(23-9)10(8-5-3-2-4-6-8)11(18)24-13(21)14(15,16)17/h2-6,10-11H,7,18H2,1H3. The Bertz CT molecular complexity index is 675. The van der Waals surface area contributed by atoms with Crippen molar-refractivity contribution in [3.63, 3.8) is 0 Å². The predicted octanol–water partition coefficient (Wildman–Crippen LogP) is 1.74. The number of methoxy groups -OCH3 is 1. The second kappa shape index (κ2) is 7.41. The van der Waals surface area contributed by atoms with Gasteiger partial charge in [0.25, 0.3) is 0 Å². The van der Waals surface area contributed by atoms with Gasteiger partial charge in [0.15, 0.2) is 6.23 Å². The summed E-state index contributed by atoms with van der Waals surface area (Å²) in [6.07, 6.45) is -6.83. The molecule has 0 radical (unpaired) electrons. The molecule has 1 aromatic carbocycles. The average Bonchev–Trinajstić information content (AvgIpc) is 2.96. The van der Waals surface area contributed by atoms with Crippen molar-refractivity contribution in [1.82, 2.24) is 10.2 Å². The third-order valence-corrected chi connectivity index (χ3v) is 2.98. The molecule has 0 fully saturated rings. The lowest BCUT2D eigenvalue weighted by molar-refractivity contribution is -0.205. The summed E-state index contributed by atoms with van der Waals surface area (Å²) in [5, 5.41) is 7.46. The maximum atomic E-state index is 12.4. The zero-order chi connectivity index (χ0) is 17.7. The molecule has 2 unspecified atom stereocenters. The average molecular weight is 345 g/mol. The first-order chi connectivity index (χ1) is 11.3. The van der Waals surface area contributed by atoms with Crippen LogP contribution in [-0.4, -0.2) is 35.7 Å². The van der Waals surface area contributed by atoms with Crippen LogP contribution in [0.25, 0.3) is 0 Å². The number of carbonyl (C=O) groups excluding carboxylic acids is 1. The highest BCUT2D eigenvalue weighted by atomic mass is 19.4. The molecule has 24 heavy (non-hydrogen) atoms. The molecular formula is C14H14F3N3O4. The summed E-state index contributed by atoms with van der Waals surface area (Å²) in [4.78, 5) is 11.0. The molecule has 10 heteroatoms. The molecule has 130 valence electrons. The van der Waals surface area contributed by atoms with Crippen molar-refractivity contribution in [2.24, 2.45) is 5.73 Å². The second-order valence-corrected chi connectivity index (χ2v) is 4.72. The number of benzene rings is 1. The fraction of sp³-hybridized carbons (Fsp3) is 0.357. The minimum atomic E-state index is -5.16. The Morgan fingerprint density at radius 3 is 2.54 bits per heavy atom. The summed E-state index contributed by atoms with van der Waals surface area (Å²) in [7, 11) is 1.41. The first kappa shape index (κ1) is 17.9. The molecule has 1 heterocycles. The van der Waals surface area contributed by atoms with Gasteiger partial charge in [0.1, 0.15) is 12.5 Å². The van der Waals surface area contributed by atoms with E-state index in [2.05, 4.69) is 14.9 Å². The number of hydrogen-bond acceptors (Lipinski definition) is 7. The first-order valence-corrected chi connectivity index (χ1v) is 6.72. The summed E-state index contributed by atoms with van der Waals surface area (Å²) in [5.41, 5.74) is 6.11. The predicted molar refractivity (Wildman–Crippen MR) is 73.4 cm³/mol. The van der Waals surface area contributed by atoms with Gasteiger partial charge in [-0.25, -0.2) is 4.79 Å². The van der Waals surface area contributed by atoms with E-state index in [1.54, 1.807) is 30.3 Å². The molecule has 0 bridgehead atoms. The van der Waals surface area contributed by atoms with E-state index in [1.165, 1.54) is 7.11 Å². The van der Waals surface area contributed by atoms with Gasteiger partial charge in [0, 0.05) is 7.11 Å². The second-order valence-electron chi connectivity index (χ2n) is 4.72. The number of hydrogen-bond donors (Lipinski definition) is 1. The van der Waals surface area contributed by atoms with Gasteiger partial charge in [-0.3, -0.25) is 5.73 Å². The monoisotopic (exact) mass is 345 g/mol. The van der Waals surface area contributed by atoms with Crippen molar-refractivity contribution in [2.75, 3.05) is 7.11 Å². The SMILES string of the molecule is COCc1nnc(C(c2ccccc2)C(N)OC(=O)C(F)(F)F)o1. The number of alkyl halides is 3. The number of aromatic nitrogens is 2. The molecule has 0 aliphatic carbocycles. The molecule has 2 aromatic rings. The van der Waals surface area contributed by atoms with E-state index in [0.29, 0.717) is 5.56 Å². The van der Waals surface area contributed by atoms with Crippen molar-refractivity contribution in [1.29, 1.82) is 0 Å². The molecule has 7 nitrogen and oxygen atoms in total. The summed E-state index contributed by atoms with van der Waals surface area (Å²) in [6.45, 7) is 0.0199. The van der Waals surface area contributed by atoms with Gasteiger partial charge >= 0.3 is 12.1 Å². The molecule has 0 saturated carbocycles. The van der Waals surface area contributed by atoms with Crippen LogP contribution < -0.4 is 5.73 Å². The lowest BCUT2D eigenvalue weighted by atomic mass is 9.97. The zero-order valence-electron chi connectivity index (χ0n) is 12.5. The molecule has 0 aliphatic heterocycles. The summed E-state index contributed by atoms with van der Waals surface area (Å²) in [5.74, 6) is -3.43. The Kier molecular flexibility index (Phi) is 5.52. The summed E-state index contributed by atoms with van der Waals surface area (Å²) >= 11 is 0. The van der Waals surface area contributed by atoms with Gasteiger partial charge in [-0.05, 0) is 5.56 Å². The highest BCUT2D eigenvalue weighted by molar-refractivity contribution is 5.75.